The molecule has 1 N–H and O–H groups in total. The third-order valence-electron chi connectivity index (χ3n) is 5.12. The summed E-state index contributed by atoms with van der Waals surface area (Å²) in [5, 5.41) is 3.89. The molecule has 29 heavy (non-hydrogen) atoms. The van der Waals surface area contributed by atoms with Gasteiger partial charge in [-0.15, -0.1) is 0 Å². The minimum absolute atomic E-state index is 0.0304. The van der Waals surface area contributed by atoms with Crippen LogP contribution in [0.2, 0.25) is 5.02 Å². The molecule has 7 heteroatoms. The number of benzene rings is 2. The third kappa shape index (κ3) is 4.19. The van der Waals surface area contributed by atoms with Gasteiger partial charge < -0.3 is 5.32 Å². The van der Waals surface area contributed by atoms with Gasteiger partial charge in [0.25, 0.3) is 11.8 Å². The zero-order chi connectivity index (χ0) is 20.4. The molecule has 1 heterocycles. The molecular formula is C22H20ClFN2O2S. The molecule has 0 saturated heterocycles. The van der Waals surface area contributed by atoms with Gasteiger partial charge in [0.1, 0.15) is 16.4 Å². The van der Waals surface area contributed by atoms with Gasteiger partial charge in [-0.1, -0.05) is 54.8 Å². The first-order chi connectivity index (χ1) is 14.0. The molecule has 4 rings (SSSR count). The molecule has 0 atom stereocenters. The second kappa shape index (κ2) is 8.59. The number of imide groups is 1. The van der Waals surface area contributed by atoms with Crippen LogP contribution in [0.5, 0.6) is 0 Å². The predicted octanol–water partition coefficient (Wildman–Crippen LogP) is 5.28. The van der Waals surface area contributed by atoms with Crippen molar-refractivity contribution in [1.29, 1.82) is 0 Å². The number of hydrogen-bond acceptors (Lipinski definition) is 4. The first-order valence-corrected chi connectivity index (χ1v) is 10.8. The van der Waals surface area contributed by atoms with Crippen LogP contribution < -0.4 is 10.2 Å². The molecule has 1 fully saturated rings. The van der Waals surface area contributed by atoms with E-state index >= 15 is 0 Å². The highest BCUT2D eigenvalue weighted by atomic mass is 35.5. The number of rotatable bonds is 5. The maximum absolute atomic E-state index is 14.4. The van der Waals surface area contributed by atoms with E-state index in [0.717, 1.165) is 35.5 Å². The van der Waals surface area contributed by atoms with Crippen molar-refractivity contribution in [2.45, 2.75) is 43.0 Å². The summed E-state index contributed by atoms with van der Waals surface area (Å²) in [5.74, 6) is -1.63. The van der Waals surface area contributed by atoms with Crippen molar-refractivity contribution in [3.8, 4) is 0 Å². The lowest BCUT2D eigenvalue weighted by atomic mass is 9.95. The van der Waals surface area contributed by atoms with Crippen molar-refractivity contribution in [3.63, 3.8) is 0 Å². The number of halogens is 2. The molecule has 1 aliphatic heterocycles. The second-order valence-electron chi connectivity index (χ2n) is 7.14. The van der Waals surface area contributed by atoms with Crippen molar-refractivity contribution in [2.75, 3.05) is 4.90 Å². The smallest absolute Gasteiger partial charge is 0.282 e. The van der Waals surface area contributed by atoms with E-state index in [1.165, 1.54) is 36.4 Å². The Balaban J connectivity index is 1.69. The van der Waals surface area contributed by atoms with Gasteiger partial charge in [-0.2, -0.15) is 0 Å². The van der Waals surface area contributed by atoms with Gasteiger partial charge in [0.05, 0.1) is 5.69 Å². The molecular weight excluding hydrogens is 411 g/mol. The van der Waals surface area contributed by atoms with Gasteiger partial charge in [0.15, 0.2) is 0 Å². The molecule has 2 aliphatic rings. The fourth-order valence-electron chi connectivity index (χ4n) is 3.66. The quantitative estimate of drug-likeness (QED) is 0.656. The Labute approximate surface area is 178 Å². The predicted molar refractivity (Wildman–Crippen MR) is 113 cm³/mol. The first kappa shape index (κ1) is 20.0. The number of nitrogens with zero attached hydrogens (tertiary/aromatic N) is 1. The molecule has 0 unspecified atom stereocenters. The molecule has 0 bridgehead atoms. The molecule has 2 aromatic carbocycles. The van der Waals surface area contributed by atoms with Crippen molar-refractivity contribution in [2.24, 2.45) is 0 Å². The lowest BCUT2D eigenvalue weighted by molar-refractivity contribution is -0.120. The Hall–Kier alpha value is -2.31. The first-order valence-electron chi connectivity index (χ1n) is 9.62. The number of amides is 2. The van der Waals surface area contributed by atoms with Gasteiger partial charge in [-0.05, 0) is 49.2 Å². The van der Waals surface area contributed by atoms with Crippen LogP contribution in [0.1, 0.15) is 32.1 Å². The van der Waals surface area contributed by atoms with Gasteiger partial charge in [-0.25, -0.2) is 9.29 Å². The molecule has 2 amide bonds. The van der Waals surface area contributed by atoms with Crippen LogP contribution >= 0.6 is 23.4 Å². The number of para-hydroxylation sites is 1. The zero-order valence-electron chi connectivity index (χ0n) is 15.7. The minimum Gasteiger partial charge on any atom is -0.377 e. The summed E-state index contributed by atoms with van der Waals surface area (Å²) >= 11 is 7.15. The van der Waals surface area contributed by atoms with Crippen LogP contribution in [0.4, 0.5) is 10.1 Å². The van der Waals surface area contributed by atoms with Gasteiger partial charge in [0.2, 0.25) is 0 Å². The molecule has 4 nitrogen and oxygen atoms in total. The summed E-state index contributed by atoms with van der Waals surface area (Å²) in [6.45, 7) is 0. The number of carbonyl (C=O) groups is 2. The summed E-state index contributed by atoms with van der Waals surface area (Å²) in [6, 6.07) is 13.0. The highest BCUT2D eigenvalue weighted by molar-refractivity contribution is 8.04. The monoisotopic (exact) mass is 430 g/mol. The van der Waals surface area contributed by atoms with Crippen molar-refractivity contribution in [1.82, 2.24) is 5.32 Å². The number of carbonyl (C=O) groups excluding carboxylic acids is 2. The largest absolute Gasteiger partial charge is 0.377 e. The Morgan fingerprint density at radius 2 is 1.66 bits per heavy atom. The molecule has 1 saturated carbocycles. The Morgan fingerprint density at radius 1 is 0.966 bits per heavy atom. The topological polar surface area (TPSA) is 49.4 Å². The summed E-state index contributed by atoms with van der Waals surface area (Å²) in [5.41, 5.74) is 0.224. The van der Waals surface area contributed by atoms with Crippen molar-refractivity contribution >= 4 is 40.9 Å². The second-order valence-corrected chi connectivity index (χ2v) is 8.66. The highest BCUT2D eigenvalue weighted by Crippen LogP contribution is 2.38. The van der Waals surface area contributed by atoms with E-state index in [1.54, 1.807) is 30.3 Å². The van der Waals surface area contributed by atoms with E-state index < -0.39 is 17.6 Å². The Kier molecular flexibility index (Phi) is 5.92. The van der Waals surface area contributed by atoms with Crippen LogP contribution in [-0.4, -0.2) is 17.9 Å². The molecule has 2 aromatic rings. The molecule has 0 aromatic heterocycles. The fraction of sp³-hybridized carbons (Fsp3) is 0.273. The number of nitrogens with one attached hydrogen (secondary N) is 1. The standard InChI is InChI=1S/C22H20ClFN2O2S/c23-14-10-12-16(13-11-14)29-20-19(25-15-6-2-1-3-7-15)21(27)26(22(20)28)18-9-5-4-8-17(18)24/h4-5,8-13,15,25H,1-3,6-7H2. The molecule has 1 aliphatic carbocycles. The third-order valence-corrected chi connectivity index (χ3v) is 6.46. The van der Waals surface area contributed by atoms with E-state index in [-0.39, 0.29) is 22.3 Å². The summed E-state index contributed by atoms with van der Waals surface area (Å²) in [4.78, 5) is 28.4. The lowest BCUT2D eigenvalue weighted by Gasteiger charge is -2.24. The van der Waals surface area contributed by atoms with E-state index in [0.29, 0.717) is 5.02 Å². The van der Waals surface area contributed by atoms with Crippen LogP contribution in [0, 0.1) is 5.82 Å². The minimum atomic E-state index is -0.607. The van der Waals surface area contributed by atoms with Crippen molar-refractivity contribution < 1.29 is 14.0 Å². The lowest BCUT2D eigenvalue weighted by Crippen LogP contribution is -2.37. The van der Waals surface area contributed by atoms with Crippen LogP contribution in [0.3, 0.4) is 0 Å². The van der Waals surface area contributed by atoms with E-state index in [2.05, 4.69) is 5.32 Å². The molecule has 150 valence electrons. The van der Waals surface area contributed by atoms with Gasteiger partial charge >= 0.3 is 0 Å². The van der Waals surface area contributed by atoms with E-state index in [9.17, 15) is 14.0 Å². The zero-order valence-corrected chi connectivity index (χ0v) is 17.2. The average molecular weight is 431 g/mol. The van der Waals surface area contributed by atoms with Gasteiger partial charge in [0, 0.05) is 16.0 Å². The number of hydrogen-bond donors (Lipinski definition) is 1. The highest BCUT2D eigenvalue weighted by Gasteiger charge is 2.41. The fourth-order valence-corrected chi connectivity index (χ4v) is 4.72. The number of thioether (sulfide) groups is 1. The molecule has 0 radical (unpaired) electrons. The summed E-state index contributed by atoms with van der Waals surface area (Å²) in [7, 11) is 0. The summed E-state index contributed by atoms with van der Waals surface area (Å²) < 4.78 is 14.4. The maximum Gasteiger partial charge on any atom is 0.282 e. The van der Waals surface area contributed by atoms with Gasteiger partial charge in [-0.3, -0.25) is 9.59 Å². The Bertz CT molecular complexity index is 971. The number of anilines is 1. The van der Waals surface area contributed by atoms with Crippen LogP contribution in [-0.2, 0) is 9.59 Å². The van der Waals surface area contributed by atoms with E-state index in [4.69, 9.17) is 11.6 Å². The summed E-state index contributed by atoms with van der Waals surface area (Å²) in [6.07, 6.45) is 5.25. The van der Waals surface area contributed by atoms with E-state index in [1.807, 2.05) is 0 Å². The van der Waals surface area contributed by atoms with Crippen LogP contribution in [0.25, 0.3) is 0 Å². The normalized spacial score (nSPS) is 17.9. The maximum atomic E-state index is 14.4. The molecule has 0 spiro atoms. The Morgan fingerprint density at radius 3 is 2.34 bits per heavy atom. The van der Waals surface area contributed by atoms with Crippen molar-refractivity contribution in [3.05, 3.63) is 70.0 Å². The van der Waals surface area contributed by atoms with Crippen LogP contribution in [0.15, 0.2) is 64.0 Å². The SMILES string of the molecule is O=C1C(NC2CCCCC2)=C(Sc2ccc(Cl)cc2)C(=O)N1c1ccccc1F. The average Bonchev–Trinajstić information content (AvgIpc) is 2.95.